The molecule has 1 saturated carbocycles. The highest BCUT2D eigenvalue weighted by Crippen LogP contribution is 2.25. The van der Waals surface area contributed by atoms with E-state index in [1.165, 1.54) is 51.4 Å². The molecule has 0 unspecified atom stereocenters. The molecule has 0 aromatic rings. The zero-order chi connectivity index (χ0) is 12.0. The van der Waals surface area contributed by atoms with E-state index in [0.29, 0.717) is 6.04 Å². The van der Waals surface area contributed by atoms with Gasteiger partial charge in [-0.3, -0.25) is 0 Å². The van der Waals surface area contributed by atoms with E-state index >= 15 is 0 Å². The molecule has 96 valence electrons. The molecule has 0 radical (unpaired) electrons. The quantitative estimate of drug-likeness (QED) is 0.754. The average molecular weight is 226 g/mol. The third kappa shape index (κ3) is 4.06. The molecule has 2 N–H and O–H groups in total. The summed E-state index contributed by atoms with van der Waals surface area (Å²) in [5.74, 6) is 0. The van der Waals surface area contributed by atoms with Gasteiger partial charge >= 0.3 is 0 Å². The molecule has 16 heavy (non-hydrogen) atoms. The van der Waals surface area contributed by atoms with Crippen LogP contribution in [0.2, 0.25) is 0 Å². The Morgan fingerprint density at radius 2 is 1.56 bits per heavy atom. The highest BCUT2D eigenvalue weighted by Gasteiger charge is 2.25. The van der Waals surface area contributed by atoms with Gasteiger partial charge in [0.05, 0.1) is 0 Å². The molecule has 1 fully saturated rings. The predicted octanol–water partition coefficient (Wildman–Crippen LogP) is 3.16. The lowest BCUT2D eigenvalue weighted by molar-refractivity contribution is 0.119. The van der Waals surface area contributed by atoms with Crippen LogP contribution in [0.4, 0.5) is 0 Å². The van der Waals surface area contributed by atoms with Crippen LogP contribution in [-0.4, -0.2) is 30.1 Å². The summed E-state index contributed by atoms with van der Waals surface area (Å²) in [6, 6.07) is 2.07. The SMILES string of the molecule is CCCC(CCC)N(C)C1CCC(N)CC1. The zero-order valence-electron chi connectivity index (χ0n) is 11.4. The molecule has 1 aliphatic carbocycles. The summed E-state index contributed by atoms with van der Waals surface area (Å²) < 4.78 is 0. The Hall–Kier alpha value is -0.0800. The smallest absolute Gasteiger partial charge is 0.00962 e. The van der Waals surface area contributed by atoms with Gasteiger partial charge in [-0.2, -0.15) is 0 Å². The second-order valence-corrected chi connectivity index (χ2v) is 5.47. The molecule has 2 heteroatoms. The molecular weight excluding hydrogens is 196 g/mol. The van der Waals surface area contributed by atoms with Crippen LogP contribution in [0.15, 0.2) is 0 Å². The van der Waals surface area contributed by atoms with Gasteiger partial charge in [0, 0.05) is 18.1 Å². The highest BCUT2D eigenvalue weighted by molar-refractivity contribution is 4.83. The molecule has 2 nitrogen and oxygen atoms in total. The van der Waals surface area contributed by atoms with Crippen LogP contribution in [0.3, 0.4) is 0 Å². The highest BCUT2D eigenvalue weighted by atomic mass is 15.2. The summed E-state index contributed by atoms with van der Waals surface area (Å²) in [6.45, 7) is 4.60. The first kappa shape index (κ1) is 14.0. The molecule has 0 atom stereocenters. The summed E-state index contributed by atoms with van der Waals surface area (Å²) in [5, 5.41) is 0. The molecular formula is C14H30N2. The summed E-state index contributed by atoms with van der Waals surface area (Å²) in [7, 11) is 2.33. The van der Waals surface area contributed by atoms with Gasteiger partial charge in [0.1, 0.15) is 0 Å². The van der Waals surface area contributed by atoms with Gasteiger partial charge in [-0.05, 0) is 45.6 Å². The van der Waals surface area contributed by atoms with Crippen molar-refractivity contribution in [2.24, 2.45) is 5.73 Å². The topological polar surface area (TPSA) is 29.3 Å². The predicted molar refractivity (Wildman–Crippen MR) is 71.6 cm³/mol. The standard InChI is InChI=1S/C14H30N2/c1-4-6-13(7-5-2)16(3)14-10-8-12(15)9-11-14/h12-14H,4-11,15H2,1-3H3. The van der Waals surface area contributed by atoms with Crippen LogP contribution < -0.4 is 5.73 Å². The lowest BCUT2D eigenvalue weighted by Crippen LogP contribution is -2.44. The van der Waals surface area contributed by atoms with Crippen molar-refractivity contribution < 1.29 is 0 Å². The van der Waals surface area contributed by atoms with Crippen LogP contribution in [0, 0.1) is 0 Å². The first-order chi connectivity index (χ1) is 7.69. The lowest BCUT2D eigenvalue weighted by atomic mass is 9.89. The fourth-order valence-electron chi connectivity index (χ4n) is 3.03. The van der Waals surface area contributed by atoms with Crippen molar-refractivity contribution in [1.82, 2.24) is 4.90 Å². The minimum atomic E-state index is 0.473. The normalized spacial score (nSPS) is 26.6. The Balaban J connectivity index is 2.42. The Bertz CT molecular complexity index is 168. The molecule has 0 spiro atoms. The van der Waals surface area contributed by atoms with E-state index in [-0.39, 0.29) is 0 Å². The second kappa shape index (κ2) is 7.29. The van der Waals surface area contributed by atoms with Crippen LogP contribution >= 0.6 is 0 Å². The summed E-state index contributed by atoms with van der Waals surface area (Å²) in [4.78, 5) is 2.65. The Kier molecular flexibility index (Phi) is 6.37. The van der Waals surface area contributed by atoms with Crippen molar-refractivity contribution in [1.29, 1.82) is 0 Å². The van der Waals surface area contributed by atoms with E-state index < -0.39 is 0 Å². The average Bonchev–Trinajstić information content (AvgIpc) is 2.29. The molecule has 0 heterocycles. The number of nitrogens with zero attached hydrogens (tertiary/aromatic N) is 1. The minimum Gasteiger partial charge on any atom is -0.328 e. The maximum absolute atomic E-state index is 5.97. The van der Waals surface area contributed by atoms with Gasteiger partial charge in [0.25, 0.3) is 0 Å². The number of hydrogen-bond donors (Lipinski definition) is 1. The van der Waals surface area contributed by atoms with E-state index in [1.54, 1.807) is 0 Å². The Morgan fingerprint density at radius 3 is 2.00 bits per heavy atom. The fraction of sp³-hybridized carbons (Fsp3) is 1.00. The zero-order valence-corrected chi connectivity index (χ0v) is 11.4. The number of rotatable bonds is 6. The monoisotopic (exact) mass is 226 g/mol. The van der Waals surface area contributed by atoms with Gasteiger partial charge in [-0.25, -0.2) is 0 Å². The Morgan fingerprint density at radius 1 is 1.06 bits per heavy atom. The van der Waals surface area contributed by atoms with Crippen LogP contribution in [0.5, 0.6) is 0 Å². The molecule has 0 aromatic carbocycles. The maximum Gasteiger partial charge on any atom is 0.00962 e. The first-order valence-electron chi connectivity index (χ1n) is 7.16. The van der Waals surface area contributed by atoms with E-state index in [9.17, 15) is 0 Å². The number of nitrogens with two attached hydrogens (primary N) is 1. The first-order valence-corrected chi connectivity index (χ1v) is 7.16. The van der Waals surface area contributed by atoms with Crippen molar-refractivity contribution in [3.8, 4) is 0 Å². The maximum atomic E-state index is 5.97. The molecule has 0 saturated heterocycles. The van der Waals surface area contributed by atoms with E-state index in [2.05, 4.69) is 25.8 Å². The van der Waals surface area contributed by atoms with E-state index in [4.69, 9.17) is 5.73 Å². The largest absolute Gasteiger partial charge is 0.328 e. The molecule has 1 rings (SSSR count). The third-order valence-electron chi connectivity index (χ3n) is 4.14. The van der Waals surface area contributed by atoms with Crippen LogP contribution in [0.1, 0.15) is 65.2 Å². The van der Waals surface area contributed by atoms with Crippen molar-refractivity contribution in [2.45, 2.75) is 83.3 Å². The van der Waals surface area contributed by atoms with E-state index in [1.807, 2.05) is 0 Å². The van der Waals surface area contributed by atoms with Crippen LogP contribution in [-0.2, 0) is 0 Å². The van der Waals surface area contributed by atoms with Gasteiger partial charge in [0.15, 0.2) is 0 Å². The number of hydrogen-bond acceptors (Lipinski definition) is 2. The summed E-state index contributed by atoms with van der Waals surface area (Å²) in [6.07, 6.45) is 10.4. The molecule has 0 aromatic heterocycles. The van der Waals surface area contributed by atoms with Crippen molar-refractivity contribution in [3.05, 3.63) is 0 Å². The van der Waals surface area contributed by atoms with Gasteiger partial charge < -0.3 is 10.6 Å². The summed E-state index contributed by atoms with van der Waals surface area (Å²) >= 11 is 0. The lowest BCUT2D eigenvalue weighted by Gasteiger charge is -2.38. The molecule has 0 aliphatic heterocycles. The molecule has 0 bridgehead atoms. The van der Waals surface area contributed by atoms with Gasteiger partial charge in [-0.15, -0.1) is 0 Å². The third-order valence-corrected chi connectivity index (χ3v) is 4.14. The minimum absolute atomic E-state index is 0.473. The fourth-order valence-corrected chi connectivity index (χ4v) is 3.03. The van der Waals surface area contributed by atoms with Crippen molar-refractivity contribution >= 4 is 0 Å². The second-order valence-electron chi connectivity index (χ2n) is 5.47. The van der Waals surface area contributed by atoms with Gasteiger partial charge in [-0.1, -0.05) is 26.7 Å². The van der Waals surface area contributed by atoms with Gasteiger partial charge in [0.2, 0.25) is 0 Å². The molecule has 1 aliphatic rings. The van der Waals surface area contributed by atoms with Crippen molar-refractivity contribution in [2.75, 3.05) is 7.05 Å². The van der Waals surface area contributed by atoms with E-state index in [0.717, 1.165) is 12.1 Å². The Labute approximate surface area is 102 Å². The van der Waals surface area contributed by atoms with Crippen molar-refractivity contribution in [3.63, 3.8) is 0 Å². The molecule has 0 amide bonds. The summed E-state index contributed by atoms with van der Waals surface area (Å²) in [5.41, 5.74) is 5.97. The van der Waals surface area contributed by atoms with Crippen LogP contribution in [0.25, 0.3) is 0 Å².